The molecule has 2 aromatic carbocycles. The standard InChI is InChI=1S/C18H21NO3.CH2O2/c1-20-15-9-8-13-14(18(15)21-2)10-16(22-17(13)11-19)12-6-4-3-5-7-12;2-1-3/h3-9,16-17H,10-11,19H2,1-2H3;1H,(H,2,3)/t16-,17-;/m0./s1. The van der Waals surface area contributed by atoms with Gasteiger partial charge in [-0.1, -0.05) is 36.4 Å². The molecule has 0 amide bonds. The summed E-state index contributed by atoms with van der Waals surface area (Å²) in [7, 11) is 3.32. The zero-order chi connectivity index (χ0) is 18.2. The molecule has 0 unspecified atom stereocenters. The van der Waals surface area contributed by atoms with Gasteiger partial charge in [-0.25, -0.2) is 0 Å². The van der Waals surface area contributed by atoms with Crippen molar-refractivity contribution in [3.8, 4) is 11.5 Å². The van der Waals surface area contributed by atoms with Crippen LogP contribution in [0.5, 0.6) is 11.5 Å². The predicted octanol–water partition coefficient (Wildman–Crippen LogP) is 2.72. The van der Waals surface area contributed by atoms with E-state index in [4.69, 9.17) is 29.8 Å². The highest BCUT2D eigenvalue weighted by molar-refractivity contribution is 5.53. The summed E-state index contributed by atoms with van der Waals surface area (Å²) in [5.41, 5.74) is 9.29. The smallest absolute Gasteiger partial charge is 0.290 e. The number of hydrogen-bond acceptors (Lipinski definition) is 5. The number of nitrogens with two attached hydrogens (primary N) is 1. The minimum absolute atomic E-state index is 0.0248. The normalized spacial score (nSPS) is 18.4. The lowest BCUT2D eigenvalue weighted by Gasteiger charge is -2.33. The summed E-state index contributed by atoms with van der Waals surface area (Å²) in [6, 6.07) is 14.1. The molecule has 1 aliphatic rings. The Morgan fingerprint density at radius 2 is 1.88 bits per heavy atom. The van der Waals surface area contributed by atoms with Gasteiger partial charge in [0.2, 0.25) is 0 Å². The molecule has 0 bridgehead atoms. The summed E-state index contributed by atoms with van der Waals surface area (Å²) in [6.07, 6.45) is 0.591. The first-order valence-corrected chi connectivity index (χ1v) is 7.92. The van der Waals surface area contributed by atoms with Gasteiger partial charge in [0.25, 0.3) is 6.47 Å². The molecule has 3 rings (SSSR count). The maximum Gasteiger partial charge on any atom is 0.290 e. The predicted molar refractivity (Wildman–Crippen MR) is 94.0 cm³/mol. The number of methoxy groups -OCH3 is 2. The van der Waals surface area contributed by atoms with Gasteiger partial charge in [-0.2, -0.15) is 0 Å². The van der Waals surface area contributed by atoms with Crippen LogP contribution in [0.1, 0.15) is 28.9 Å². The number of ether oxygens (including phenoxy) is 3. The number of rotatable bonds is 4. The first kappa shape index (κ1) is 18.8. The lowest BCUT2D eigenvalue weighted by Crippen LogP contribution is -2.26. The molecule has 1 heterocycles. The molecule has 6 nitrogen and oxygen atoms in total. The fraction of sp³-hybridized carbons (Fsp3) is 0.316. The third kappa shape index (κ3) is 4.10. The van der Waals surface area contributed by atoms with Crippen molar-refractivity contribution >= 4 is 6.47 Å². The third-order valence-corrected chi connectivity index (χ3v) is 4.14. The number of benzene rings is 2. The van der Waals surface area contributed by atoms with Crippen LogP contribution in [0.3, 0.4) is 0 Å². The molecular formula is C19H23NO5. The van der Waals surface area contributed by atoms with Gasteiger partial charge in [-0.05, 0) is 17.2 Å². The Morgan fingerprint density at radius 1 is 1.20 bits per heavy atom. The maximum absolute atomic E-state index is 8.36. The first-order valence-electron chi connectivity index (χ1n) is 7.92. The Bertz CT molecular complexity index is 690. The van der Waals surface area contributed by atoms with Crippen LogP contribution in [0, 0.1) is 0 Å². The van der Waals surface area contributed by atoms with Crippen molar-refractivity contribution in [3.05, 3.63) is 59.2 Å². The third-order valence-electron chi connectivity index (χ3n) is 4.14. The Kier molecular flexibility index (Phi) is 6.80. The molecule has 6 heteroatoms. The molecule has 0 spiro atoms. The van der Waals surface area contributed by atoms with Crippen LogP contribution in [0.2, 0.25) is 0 Å². The van der Waals surface area contributed by atoms with Gasteiger partial charge in [0, 0.05) is 18.5 Å². The highest BCUT2D eigenvalue weighted by atomic mass is 16.5. The summed E-state index contributed by atoms with van der Waals surface area (Å²) in [5, 5.41) is 6.89. The lowest BCUT2D eigenvalue weighted by atomic mass is 9.90. The molecule has 3 N–H and O–H groups in total. The van der Waals surface area contributed by atoms with Gasteiger partial charge in [0.05, 0.1) is 26.4 Å². The topological polar surface area (TPSA) is 91.0 Å². The van der Waals surface area contributed by atoms with Crippen LogP contribution in [0.25, 0.3) is 0 Å². The Labute approximate surface area is 147 Å². The molecule has 25 heavy (non-hydrogen) atoms. The summed E-state index contributed by atoms with van der Waals surface area (Å²) in [6.45, 7) is 0.186. The minimum Gasteiger partial charge on any atom is -0.493 e. The van der Waals surface area contributed by atoms with Crippen LogP contribution in [-0.4, -0.2) is 32.3 Å². The van der Waals surface area contributed by atoms with Crippen molar-refractivity contribution in [2.45, 2.75) is 18.6 Å². The average molecular weight is 345 g/mol. The molecule has 0 saturated heterocycles. The molecule has 0 aromatic heterocycles. The van der Waals surface area contributed by atoms with Gasteiger partial charge in [-0.15, -0.1) is 0 Å². The van der Waals surface area contributed by atoms with Gasteiger partial charge in [-0.3, -0.25) is 4.79 Å². The van der Waals surface area contributed by atoms with Crippen LogP contribution < -0.4 is 15.2 Å². The number of hydrogen-bond donors (Lipinski definition) is 2. The molecule has 134 valence electrons. The van der Waals surface area contributed by atoms with E-state index in [1.54, 1.807) is 14.2 Å². The van der Waals surface area contributed by atoms with Crippen LogP contribution in [-0.2, 0) is 16.0 Å². The van der Waals surface area contributed by atoms with Gasteiger partial charge in [0.1, 0.15) is 0 Å². The average Bonchev–Trinajstić information content (AvgIpc) is 2.67. The summed E-state index contributed by atoms with van der Waals surface area (Å²) < 4.78 is 17.2. The molecule has 0 fully saturated rings. The minimum atomic E-state index is -0.250. The SMILES string of the molecule is COc1ccc2c(c1OC)C[C@@H](c1ccccc1)O[C@H]2CN.O=CO. The highest BCUT2D eigenvalue weighted by Gasteiger charge is 2.31. The molecule has 2 atom stereocenters. The second-order valence-electron chi connectivity index (χ2n) is 5.44. The van der Waals surface area contributed by atoms with Crippen LogP contribution in [0.4, 0.5) is 0 Å². The van der Waals surface area contributed by atoms with Crippen molar-refractivity contribution in [2.24, 2.45) is 5.73 Å². The van der Waals surface area contributed by atoms with Crippen molar-refractivity contribution in [2.75, 3.05) is 20.8 Å². The van der Waals surface area contributed by atoms with Gasteiger partial charge < -0.3 is 25.1 Å². The summed E-state index contributed by atoms with van der Waals surface area (Å²) >= 11 is 0. The second-order valence-corrected chi connectivity index (χ2v) is 5.44. The second kappa shape index (κ2) is 9.05. The molecular weight excluding hydrogens is 322 g/mol. The number of carbonyl (C=O) groups is 1. The van der Waals surface area contributed by atoms with Crippen molar-refractivity contribution < 1.29 is 24.1 Å². The Hall–Kier alpha value is -2.57. The van der Waals surface area contributed by atoms with E-state index in [2.05, 4.69) is 12.1 Å². The number of carboxylic acid groups (broad SMARTS) is 1. The van der Waals surface area contributed by atoms with Crippen molar-refractivity contribution in [1.29, 1.82) is 0 Å². The van der Waals surface area contributed by atoms with E-state index >= 15 is 0 Å². The summed E-state index contributed by atoms with van der Waals surface area (Å²) in [5.74, 6) is 1.52. The zero-order valence-corrected chi connectivity index (χ0v) is 14.3. The van der Waals surface area contributed by atoms with E-state index in [1.807, 2.05) is 30.3 Å². The van der Waals surface area contributed by atoms with Crippen LogP contribution in [0.15, 0.2) is 42.5 Å². The molecule has 2 aromatic rings. The van der Waals surface area contributed by atoms with E-state index in [9.17, 15) is 0 Å². The fourth-order valence-corrected chi connectivity index (χ4v) is 3.07. The lowest BCUT2D eigenvalue weighted by molar-refractivity contribution is -0.122. The maximum atomic E-state index is 8.36. The molecule has 0 saturated carbocycles. The van der Waals surface area contributed by atoms with E-state index in [0.717, 1.165) is 34.6 Å². The van der Waals surface area contributed by atoms with E-state index < -0.39 is 0 Å². The molecule has 1 aliphatic heterocycles. The van der Waals surface area contributed by atoms with E-state index in [0.29, 0.717) is 6.54 Å². The highest BCUT2D eigenvalue weighted by Crippen LogP contribution is 2.44. The Morgan fingerprint density at radius 3 is 2.44 bits per heavy atom. The van der Waals surface area contributed by atoms with E-state index in [1.165, 1.54) is 0 Å². The monoisotopic (exact) mass is 345 g/mol. The fourth-order valence-electron chi connectivity index (χ4n) is 3.07. The zero-order valence-electron chi connectivity index (χ0n) is 14.3. The van der Waals surface area contributed by atoms with Crippen molar-refractivity contribution in [3.63, 3.8) is 0 Å². The quantitative estimate of drug-likeness (QED) is 0.828. The first-order chi connectivity index (χ1) is 12.2. The van der Waals surface area contributed by atoms with Gasteiger partial charge >= 0.3 is 0 Å². The van der Waals surface area contributed by atoms with Crippen LogP contribution >= 0.6 is 0 Å². The van der Waals surface area contributed by atoms with Gasteiger partial charge in [0.15, 0.2) is 11.5 Å². The number of fused-ring (bicyclic) bond motifs is 1. The molecule has 0 radical (unpaired) electrons. The Balaban J connectivity index is 0.000000701. The van der Waals surface area contributed by atoms with E-state index in [-0.39, 0.29) is 18.7 Å². The van der Waals surface area contributed by atoms with Crippen molar-refractivity contribution in [1.82, 2.24) is 0 Å². The molecule has 0 aliphatic carbocycles. The largest absolute Gasteiger partial charge is 0.493 e. The summed E-state index contributed by atoms with van der Waals surface area (Å²) in [4.78, 5) is 8.36.